The molecule has 31 heavy (non-hydrogen) atoms. The molecule has 3 atom stereocenters. The Morgan fingerprint density at radius 2 is 1.58 bits per heavy atom. The zero-order chi connectivity index (χ0) is 21.2. The summed E-state index contributed by atoms with van der Waals surface area (Å²) < 4.78 is 19.0. The molecule has 0 aromatic heterocycles. The molecular formula is C28H30O3. The largest absolute Gasteiger partial charge is 0.501 e. The molecule has 0 amide bonds. The molecule has 6 aliphatic carbocycles. The summed E-state index contributed by atoms with van der Waals surface area (Å²) in [5.74, 6) is 2.81. The fourth-order valence-corrected chi connectivity index (χ4v) is 6.47. The Morgan fingerprint density at radius 1 is 0.935 bits per heavy atom. The smallest absolute Gasteiger partial charge is 0.105 e. The first-order valence-corrected chi connectivity index (χ1v) is 11.5. The van der Waals surface area contributed by atoms with Crippen LogP contribution in [0.15, 0.2) is 72.2 Å². The molecule has 0 radical (unpaired) electrons. The van der Waals surface area contributed by atoms with Gasteiger partial charge in [0.2, 0.25) is 0 Å². The van der Waals surface area contributed by atoms with Gasteiger partial charge in [-0.25, -0.2) is 0 Å². The van der Waals surface area contributed by atoms with E-state index in [1.165, 1.54) is 22.3 Å². The quantitative estimate of drug-likeness (QED) is 0.642. The van der Waals surface area contributed by atoms with Crippen LogP contribution in [0.2, 0.25) is 0 Å². The van der Waals surface area contributed by atoms with Gasteiger partial charge in [-0.1, -0.05) is 68.8 Å². The van der Waals surface area contributed by atoms with Crippen LogP contribution >= 0.6 is 0 Å². The molecule has 2 spiro atoms. The van der Waals surface area contributed by atoms with Crippen LogP contribution in [0.4, 0.5) is 0 Å². The van der Waals surface area contributed by atoms with Crippen molar-refractivity contribution >= 4 is 0 Å². The highest BCUT2D eigenvalue weighted by Gasteiger charge is 2.64. The fraction of sp³-hybridized carbons (Fsp3) is 0.429. The van der Waals surface area contributed by atoms with Crippen molar-refractivity contribution in [1.29, 1.82) is 0 Å². The molecule has 3 heteroatoms. The van der Waals surface area contributed by atoms with Gasteiger partial charge in [-0.2, -0.15) is 0 Å². The number of benzene rings is 2. The van der Waals surface area contributed by atoms with Gasteiger partial charge in [0.05, 0.1) is 43.7 Å². The monoisotopic (exact) mass is 414 g/mol. The topological polar surface area (TPSA) is 27.7 Å². The molecule has 1 fully saturated rings. The zero-order valence-electron chi connectivity index (χ0n) is 18.6. The number of rotatable bonds is 5. The van der Waals surface area contributed by atoms with Crippen molar-refractivity contribution in [1.82, 2.24) is 0 Å². The number of hydrogen-bond acceptors (Lipinski definition) is 3. The molecule has 4 bridgehead atoms. The predicted octanol–water partition coefficient (Wildman–Crippen LogP) is 5.55. The van der Waals surface area contributed by atoms with Crippen LogP contribution in [-0.2, 0) is 19.6 Å². The molecule has 1 heterocycles. The number of methoxy groups -OCH3 is 1. The third-order valence-corrected chi connectivity index (χ3v) is 8.18. The van der Waals surface area contributed by atoms with Crippen molar-refractivity contribution < 1.29 is 14.2 Å². The molecule has 1 aliphatic heterocycles. The lowest BCUT2D eigenvalue weighted by atomic mass is 9.48. The van der Waals surface area contributed by atoms with Gasteiger partial charge in [-0.15, -0.1) is 0 Å². The Kier molecular flexibility index (Phi) is 4.17. The molecule has 0 saturated carbocycles. The summed E-state index contributed by atoms with van der Waals surface area (Å²) in [6.07, 6.45) is 5.87. The summed E-state index contributed by atoms with van der Waals surface area (Å²) in [4.78, 5) is 0. The summed E-state index contributed by atoms with van der Waals surface area (Å²) in [6.45, 7) is 6.51. The lowest BCUT2D eigenvalue weighted by Gasteiger charge is -2.54. The SMILES string of the molecule is CC[C@H](C)COC1=C[C@]23C=C(OC)[C@H]1C1c4ccccc4C2(COC3)c2ccccc21. The second kappa shape index (κ2) is 6.74. The highest BCUT2D eigenvalue weighted by atomic mass is 16.5. The van der Waals surface area contributed by atoms with E-state index in [4.69, 9.17) is 14.2 Å². The Bertz CT molecular complexity index is 1050. The normalized spacial score (nSPS) is 32.7. The van der Waals surface area contributed by atoms with E-state index in [1.54, 1.807) is 7.11 Å². The highest BCUT2D eigenvalue weighted by Crippen LogP contribution is 2.66. The third-order valence-electron chi connectivity index (χ3n) is 8.18. The first kappa shape index (κ1) is 19.2. The van der Waals surface area contributed by atoms with E-state index >= 15 is 0 Å². The Labute approximate surface area is 184 Å². The summed E-state index contributed by atoms with van der Waals surface area (Å²) in [6, 6.07) is 18.0. The number of hydrogen-bond donors (Lipinski definition) is 0. The molecule has 2 aromatic rings. The van der Waals surface area contributed by atoms with E-state index in [1.807, 2.05) is 0 Å². The summed E-state index contributed by atoms with van der Waals surface area (Å²) in [5.41, 5.74) is 5.01. The maximum absolute atomic E-state index is 6.60. The van der Waals surface area contributed by atoms with Crippen molar-refractivity contribution in [2.45, 2.75) is 31.6 Å². The van der Waals surface area contributed by atoms with Gasteiger partial charge in [0.15, 0.2) is 0 Å². The van der Waals surface area contributed by atoms with Gasteiger partial charge >= 0.3 is 0 Å². The standard InChI is InChI=1S/C28H30O3/c1-4-18(2)15-31-24-14-27-13-23(29-3)26(24)25-19-9-5-7-11-21(19)28(27,17-30-16-27)22-12-8-6-10-20(22)25/h5-14,18,25-26H,4,15-17H2,1-3H3/t18-,25?,26+,27-,28?/m0/s1. The zero-order valence-corrected chi connectivity index (χ0v) is 18.6. The minimum atomic E-state index is -0.322. The van der Waals surface area contributed by atoms with Crippen molar-refractivity contribution in [3.63, 3.8) is 0 Å². The van der Waals surface area contributed by atoms with Gasteiger partial charge in [-0.05, 0) is 40.3 Å². The molecule has 160 valence electrons. The maximum atomic E-state index is 6.60. The molecule has 3 nitrogen and oxygen atoms in total. The second-order valence-electron chi connectivity index (χ2n) is 9.69. The lowest BCUT2D eigenvalue weighted by molar-refractivity contribution is 0.103. The maximum Gasteiger partial charge on any atom is 0.105 e. The van der Waals surface area contributed by atoms with Crippen LogP contribution in [-0.4, -0.2) is 26.9 Å². The van der Waals surface area contributed by atoms with Gasteiger partial charge in [-0.3, -0.25) is 0 Å². The number of ether oxygens (including phenoxy) is 3. The first-order valence-electron chi connectivity index (χ1n) is 11.5. The molecule has 9 rings (SSSR count). The Balaban J connectivity index is 1.67. The van der Waals surface area contributed by atoms with Crippen LogP contribution in [0, 0.1) is 17.3 Å². The van der Waals surface area contributed by atoms with Crippen LogP contribution in [0.5, 0.6) is 0 Å². The lowest BCUT2D eigenvalue weighted by Crippen LogP contribution is -2.52. The van der Waals surface area contributed by atoms with Crippen molar-refractivity contribution in [2.75, 3.05) is 26.9 Å². The minimum Gasteiger partial charge on any atom is -0.501 e. The van der Waals surface area contributed by atoms with Crippen LogP contribution in [0.25, 0.3) is 0 Å². The molecule has 2 aromatic carbocycles. The molecule has 7 aliphatic rings. The van der Waals surface area contributed by atoms with E-state index in [9.17, 15) is 0 Å². The first-order chi connectivity index (χ1) is 15.1. The Morgan fingerprint density at radius 3 is 2.23 bits per heavy atom. The van der Waals surface area contributed by atoms with Crippen LogP contribution in [0.3, 0.4) is 0 Å². The van der Waals surface area contributed by atoms with Crippen molar-refractivity contribution in [2.24, 2.45) is 17.3 Å². The van der Waals surface area contributed by atoms with Gasteiger partial charge in [0.25, 0.3) is 0 Å². The highest BCUT2D eigenvalue weighted by molar-refractivity contribution is 5.65. The Hall–Kier alpha value is -2.52. The third kappa shape index (κ3) is 2.33. The summed E-state index contributed by atoms with van der Waals surface area (Å²) in [7, 11) is 1.81. The van der Waals surface area contributed by atoms with Crippen LogP contribution in [0.1, 0.15) is 48.4 Å². The second-order valence-corrected chi connectivity index (χ2v) is 9.69. The summed E-state index contributed by atoms with van der Waals surface area (Å²) >= 11 is 0. The van der Waals surface area contributed by atoms with Gasteiger partial charge in [0, 0.05) is 5.92 Å². The fourth-order valence-electron chi connectivity index (χ4n) is 6.47. The molecule has 0 N–H and O–H groups in total. The van der Waals surface area contributed by atoms with Crippen molar-refractivity contribution in [3.05, 3.63) is 94.5 Å². The molecule has 0 unspecified atom stereocenters. The van der Waals surface area contributed by atoms with Gasteiger partial charge < -0.3 is 14.2 Å². The van der Waals surface area contributed by atoms with E-state index in [-0.39, 0.29) is 22.7 Å². The molecule has 1 saturated heterocycles. The van der Waals surface area contributed by atoms with Crippen LogP contribution < -0.4 is 0 Å². The van der Waals surface area contributed by atoms with E-state index in [0.29, 0.717) is 19.1 Å². The average molecular weight is 415 g/mol. The van der Waals surface area contributed by atoms with E-state index in [2.05, 4.69) is 74.5 Å². The summed E-state index contributed by atoms with van der Waals surface area (Å²) in [5, 5.41) is 0. The predicted molar refractivity (Wildman–Crippen MR) is 121 cm³/mol. The average Bonchev–Trinajstić information content (AvgIpc) is 3.13. The minimum absolute atomic E-state index is 0.0425. The van der Waals surface area contributed by atoms with E-state index < -0.39 is 0 Å². The van der Waals surface area contributed by atoms with E-state index in [0.717, 1.165) is 24.5 Å². The van der Waals surface area contributed by atoms with Crippen molar-refractivity contribution in [3.8, 4) is 0 Å². The molecular weight excluding hydrogens is 384 g/mol. The van der Waals surface area contributed by atoms with Gasteiger partial charge in [0.1, 0.15) is 11.5 Å².